The molecule has 106 valence electrons. The third-order valence-electron chi connectivity index (χ3n) is 3.18. The van der Waals surface area contributed by atoms with Crippen molar-refractivity contribution in [2.75, 3.05) is 6.54 Å². The topological polar surface area (TPSA) is 41.1 Å². The Bertz CT molecular complexity index is 450. The number of nitrogens with one attached hydrogen (secondary N) is 2. The van der Waals surface area contributed by atoms with Crippen LogP contribution in [0.25, 0.3) is 0 Å². The predicted octanol–water partition coefficient (Wildman–Crippen LogP) is 2.32. The van der Waals surface area contributed by atoms with Crippen molar-refractivity contribution >= 4 is 18.3 Å². The van der Waals surface area contributed by atoms with E-state index in [0.29, 0.717) is 5.56 Å². The average molecular weight is 291 g/mol. The van der Waals surface area contributed by atoms with Crippen molar-refractivity contribution in [3.63, 3.8) is 0 Å². The van der Waals surface area contributed by atoms with Gasteiger partial charge in [-0.25, -0.2) is 8.78 Å². The molecule has 0 radical (unpaired) electrons. The van der Waals surface area contributed by atoms with Gasteiger partial charge in [0, 0.05) is 0 Å². The first-order valence-corrected chi connectivity index (χ1v) is 6.06. The van der Waals surface area contributed by atoms with E-state index in [1.807, 2.05) is 0 Å². The van der Waals surface area contributed by atoms with E-state index in [1.54, 1.807) is 6.92 Å². The minimum atomic E-state index is -0.896. The van der Waals surface area contributed by atoms with Gasteiger partial charge in [0.05, 0.1) is 12.1 Å². The van der Waals surface area contributed by atoms with Gasteiger partial charge in [-0.1, -0.05) is 6.07 Å². The lowest BCUT2D eigenvalue weighted by Crippen LogP contribution is -2.41. The Morgan fingerprint density at radius 1 is 1.42 bits per heavy atom. The van der Waals surface area contributed by atoms with Crippen molar-refractivity contribution in [3.8, 4) is 0 Å². The quantitative estimate of drug-likeness (QED) is 0.897. The molecule has 1 saturated heterocycles. The average Bonchev–Trinajstić information content (AvgIpc) is 2.86. The molecule has 0 aromatic heterocycles. The highest BCUT2D eigenvalue weighted by Crippen LogP contribution is 2.16. The Labute approximate surface area is 117 Å². The molecule has 3 nitrogen and oxygen atoms in total. The molecule has 2 unspecified atom stereocenters. The number of halogens is 3. The van der Waals surface area contributed by atoms with Crippen LogP contribution in [0.5, 0.6) is 0 Å². The van der Waals surface area contributed by atoms with Gasteiger partial charge in [-0.3, -0.25) is 4.79 Å². The van der Waals surface area contributed by atoms with E-state index in [4.69, 9.17) is 0 Å². The summed E-state index contributed by atoms with van der Waals surface area (Å²) in [6.07, 6.45) is 1.80. The van der Waals surface area contributed by atoms with Crippen molar-refractivity contribution in [1.82, 2.24) is 10.6 Å². The number of hydrogen-bond acceptors (Lipinski definition) is 2. The summed E-state index contributed by atoms with van der Waals surface area (Å²) in [5.74, 6) is -1.87. The molecule has 1 heterocycles. The molecule has 6 heteroatoms. The molecule has 19 heavy (non-hydrogen) atoms. The van der Waals surface area contributed by atoms with E-state index >= 15 is 0 Å². The molecule has 1 fully saturated rings. The summed E-state index contributed by atoms with van der Waals surface area (Å²) in [6, 6.07) is 3.15. The van der Waals surface area contributed by atoms with Crippen LogP contribution in [0.15, 0.2) is 18.2 Å². The molecule has 1 aliphatic heterocycles. The summed E-state index contributed by atoms with van der Waals surface area (Å²) in [5.41, 5.74) is 0.556. The Morgan fingerprint density at radius 3 is 2.74 bits per heavy atom. The summed E-state index contributed by atoms with van der Waals surface area (Å²) in [5, 5.41) is 5.88. The zero-order valence-corrected chi connectivity index (χ0v) is 11.4. The van der Waals surface area contributed by atoms with E-state index < -0.39 is 11.6 Å². The summed E-state index contributed by atoms with van der Waals surface area (Å²) in [7, 11) is 0. The van der Waals surface area contributed by atoms with Gasteiger partial charge < -0.3 is 10.6 Å². The van der Waals surface area contributed by atoms with E-state index in [1.165, 1.54) is 6.07 Å². The first kappa shape index (κ1) is 15.9. The van der Waals surface area contributed by atoms with Crippen molar-refractivity contribution in [1.29, 1.82) is 0 Å². The number of benzene rings is 1. The Morgan fingerprint density at radius 2 is 2.16 bits per heavy atom. The van der Waals surface area contributed by atoms with Crippen molar-refractivity contribution in [2.45, 2.75) is 31.8 Å². The van der Waals surface area contributed by atoms with Crippen LogP contribution in [0.2, 0.25) is 0 Å². The molecular weight excluding hydrogens is 274 g/mol. The number of carbonyl (C=O) groups excluding carboxylic acids is 1. The summed E-state index contributed by atoms with van der Waals surface area (Å²) < 4.78 is 25.9. The second-order valence-corrected chi connectivity index (χ2v) is 4.55. The molecule has 2 rings (SSSR count). The highest BCUT2D eigenvalue weighted by Gasteiger charge is 2.23. The van der Waals surface area contributed by atoms with Crippen LogP contribution in [0, 0.1) is 11.6 Å². The van der Waals surface area contributed by atoms with Crippen LogP contribution in [0.4, 0.5) is 8.78 Å². The van der Waals surface area contributed by atoms with Crippen molar-refractivity contribution in [2.24, 2.45) is 0 Å². The van der Waals surface area contributed by atoms with Crippen LogP contribution in [-0.2, 0) is 4.79 Å². The van der Waals surface area contributed by atoms with Gasteiger partial charge in [-0.2, -0.15) is 0 Å². The standard InChI is InChI=1S/C13H16F2N2O.ClH/c1-8(9-4-5-10(14)11(15)7-9)17-13(18)12-3-2-6-16-12;/h4-5,7-8,12,16H,2-3,6H2,1H3,(H,17,18);1H. The molecule has 0 bridgehead atoms. The fourth-order valence-electron chi connectivity index (χ4n) is 2.09. The minimum Gasteiger partial charge on any atom is -0.348 e. The fourth-order valence-corrected chi connectivity index (χ4v) is 2.09. The third kappa shape index (κ3) is 3.88. The number of rotatable bonds is 3. The highest BCUT2D eigenvalue weighted by molar-refractivity contribution is 5.85. The summed E-state index contributed by atoms with van der Waals surface area (Å²) >= 11 is 0. The van der Waals surface area contributed by atoms with Crippen LogP contribution >= 0.6 is 12.4 Å². The minimum absolute atomic E-state index is 0. The fraction of sp³-hybridized carbons (Fsp3) is 0.462. The van der Waals surface area contributed by atoms with Gasteiger partial charge in [-0.15, -0.1) is 12.4 Å². The molecule has 1 aromatic rings. The van der Waals surface area contributed by atoms with Gasteiger partial charge in [0.1, 0.15) is 0 Å². The maximum Gasteiger partial charge on any atom is 0.237 e. The largest absolute Gasteiger partial charge is 0.348 e. The SMILES string of the molecule is CC(NC(=O)C1CCCN1)c1ccc(F)c(F)c1.Cl. The first-order chi connectivity index (χ1) is 8.58. The molecule has 0 aliphatic carbocycles. The van der Waals surface area contributed by atoms with Gasteiger partial charge >= 0.3 is 0 Å². The molecule has 2 N–H and O–H groups in total. The van der Waals surface area contributed by atoms with Crippen LogP contribution in [0.1, 0.15) is 31.4 Å². The number of carbonyl (C=O) groups is 1. The highest BCUT2D eigenvalue weighted by atomic mass is 35.5. The van der Waals surface area contributed by atoms with Gasteiger partial charge in [0.2, 0.25) is 5.91 Å². The first-order valence-electron chi connectivity index (χ1n) is 6.06. The normalized spacial score (nSPS) is 19.6. The van der Waals surface area contributed by atoms with Crippen molar-refractivity contribution in [3.05, 3.63) is 35.4 Å². The lowest BCUT2D eigenvalue weighted by atomic mass is 10.1. The number of hydrogen-bond donors (Lipinski definition) is 2. The third-order valence-corrected chi connectivity index (χ3v) is 3.18. The summed E-state index contributed by atoms with van der Waals surface area (Å²) in [6.45, 7) is 2.59. The van der Waals surface area contributed by atoms with Crippen LogP contribution in [0.3, 0.4) is 0 Å². The van der Waals surface area contributed by atoms with Gasteiger partial charge in [0.25, 0.3) is 0 Å². The lowest BCUT2D eigenvalue weighted by Gasteiger charge is -2.17. The zero-order chi connectivity index (χ0) is 13.1. The van der Waals surface area contributed by atoms with Gasteiger partial charge in [0.15, 0.2) is 11.6 Å². The second-order valence-electron chi connectivity index (χ2n) is 4.55. The molecule has 1 aromatic carbocycles. The number of amides is 1. The van der Waals surface area contributed by atoms with E-state index in [9.17, 15) is 13.6 Å². The Kier molecular flexibility index (Phi) is 5.69. The zero-order valence-electron chi connectivity index (χ0n) is 10.6. The molecule has 2 atom stereocenters. The van der Waals surface area contributed by atoms with Crippen LogP contribution in [-0.4, -0.2) is 18.5 Å². The summed E-state index contributed by atoms with van der Waals surface area (Å²) in [4.78, 5) is 11.8. The van der Waals surface area contributed by atoms with Gasteiger partial charge in [-0.05, 0) is 44.0 Å². The Balaban J connectivity index is 0.00000180. The lowest BCUT2D eigenvalue weighted by molar-refractivity contribution is -0.123. The maximum absolute atomic E-state index is 13.1. The molecule has 1 amide bonds. The second kappa shape index (κ2) is 6.82. The Hall–Kier alpha value is -1.20. The molecular formula is C13H17ClF2N2O. The maximum atomic E-state index is 13.1. The van der Waals surface area contributed by atoms with Crippen molar-refractivity contribution < 1.29 is 13.6 Å². The van der Waals surface area contributed by atoms with E-state index in [2.05, 4.69) is 10.6 Å². The van der Waals surface area contributed by atoms with Crippen LogP contribution < -0.4 is 10.6 Å². The van der Waals surface area contributed by atoms with E-state index in [0.717, 1.165) is 31.5 Å². The predicted molar refractivity (Wildman–Crippen MR) is 71.2 cm³/mol. The monoisotopic (exact) mass is 290 g/mol. The molecule has 0 saturated carbocycles. The molecule has 1 aliphatic rings. The van der Waals surface area contributed by atoms with E-state index in [-0.39, 0.29) is 30.4 Å². The molecule has 0 spiro atoms. The smallest absolute Gasteiger partial charge is 0.237 e.